The zero-order chi connectivity index (χ0) is 21.8. The number of carbonyl (C=O) groups excluding carboxylic acids is 3. The van der Waals surface area contributed by atoms with Gasteiger partial charge in [0.25, 0.3) is 11.1 Å². The standard InChI is InChI=1S/C22H22N2O5S/c1-13-7-14(2)9-16(8-13)23-20(25)12-24-21(26)19(30-22(24)27)10-15-5-6-17(28-3)11-18(15)29-4/h5-11H,12H2,1-4H3,(H,23,25)/b19-10+. The molecule has 0 unspecified atom stereocenters. The van der Waals surface area contributed by atoms with E-state index >= 15 is 0 Å². The molecule has 7 nitrogen and oxygen atoms in total. The first kappa shape index (κ1) is 21.4. The summed E-state index contributed by atoms with van der Waals surface area (Å²) in [5.41, 5.74) is 3.27. The zero-order valence-electron chi connectivity index (χ0n) is 17.1. The van der Waals surface area contributed by atoms with E-state index in [1.165, 1.54) is 7.11 Å². The SMILES string of the molecule is COc1ccc(/C=C2/SC(=O)N(CC(=O)Nc3cc(C)cc(C)c3)C2=O)c(OC)c1. The van der Waals surface area contributed by atoms with E-state index in [9.17, 15) is 14.4 Å². The molecule has 30 heavy (non-hydrogen) atoms. The van der Waals surface area contributed by atoms with Crippen LogP contribution in [-0.4, -0.2) is 42.7 Å². The van der Waals surface area contributed by atoms with E-state index in [2.05, 4.69) is 5.32 Å². The van der Waals surface area contributed by atoms with Gasteiger partial charge in [-0.3, -0.25) is 19.3 Å². The lowest BCUT2D eigenvalue weighted by molar-refractivity contribution is -0.127. The molecule has 0 aromatic heterocycles. The summed E-state index contributed by atoms with van der Waals surface area (Å²) in [6.45, 7) is 3.50. The molecule has 1 fully saturated rings. The predicted octanol–water partition coefficient (Wildman–Crippen LogP) is 4.00. The third-order valence-electron chi connectivity index (χ3n) is 4.41. The largest absolute Gasteiger partial charge is 0.497 e. The Morgan fingerprint density at radius 3 is 2.40 bits per heavy atom. The highest BCUT2D eigenvalue weighted by molar-refractivity contribution is 8.18. The Labute approximate surface area is 179 Å². The molecule has 1 aliphatic heterocycles. The van der Waals surface area contributed by atoms with Crippen LogP contribution in [0.1, 0.15) is 16.7 Å². The van der Waals surface area contributed by atoms with E-state index in [1.54, 1.807) is 31.4 Å². The number of rotatable bonds is 6. The van der Waals surface area contributed by atoms with Gasteiger partial charge in [0, 0.05) is 17.3 Å². The van der Waals surface area contributed by atoms with Crippen molar-refractivity contribution < 1.29 is 23.9 Å². The van der Waals surface area contributed by atoms with Crippen LogP contribution in [0, 0.1) is 13.8 Å². The second kappa shape index (κ2) is 9.04. The maximum atomic E-state index is 12.7. The summed E-state index contributed by atoms with van der Waals surface area (Å²) in [6.07, 6.45) is 1.57. The Kier molecular flexibility index (Phi) is 6.47. The van der Waals surface area contributed by atoms with Crippen LogP contribution in [0.2, 0.25) is 0 Å². The summed E-state index contributed by atoms with van der Waals surface area (Å²) in [7, 11) is 3.05. The lowest BCUT2D eigenvalue weighted by atomic mass is 10.1. The van der Waals surface area contributed by atoms with Crippen LogP contribution in [-0.2, 0) is 9.59 Å². The topological polar surface area (TPSA) is 84.9 Å². The second-order valence-electron chi connectivity index (χ2n) is 6.80. The van der Waals surface area contributed by atoms with Gasteiger partial charge in [0.15, 0.2) is 0 Å². The number of aryl methyl sites for hydroxylation is 2. The summed E-state index contributed by atoms with van der Waals surface area (Å²) >= 11 is 0.791. The van der Waals surface area contributed by atoms with Crippen molar-refractivity contribution in [2.75, 3.05) is 26.1 Å². The number of hydrogen-bond donors (Lipinski definition) is 1. The third-order valence-corrected chi connectivity index (χ3v) is 5.32. The summed E-state index contributed by atoms with van der Waals surface area (Å²) in [6, 6.07) is 10.8. The molecule has 0 atom stereocenters. The van der Waals surface area contributed by atoms with Gasteiger partial charge in [0.1, 0.15) is 18.0 Å². The van der Waals surface area contributed by atoms with Gasteiger partial charge in [-0.15, -0.1) is 0 Å². The molecule has 1 aliphatic rings. The average Bonchev–Trinajstić information content (AvgIpc) is 2.94. The number of carbonyl (C=O) groups is 3. The minimum Gasteiger partial charge on any atom is -0.497 e. The molecule has 1 saturated heterocycles. The highest BCUT2D eigenvalue weighted by Gasteiger charge is 2.36. The molecular weight excluding hydrogens is 404 g/mol. The van der Waals surface area contributed by atoms with Crippen LogP contribution in [0.25, 0.3) is 6.08 Å². The molecule has 3 rings (SSSR count). The number of nitrogens with zero attached hydrogens (tertiary/aromatic N) is 1. The van der Waals surface area contributed by atoms with Gasteiger partial charge in [-0.2, -0.15) is 0 Å². The quantitative estimate of drug-likeness (QED) is 0.703. The Hall–Kier alpha value is -3.26. The van der Waals surface area contributed by atoms with Gasteiger partial charge in [0.05, 0.1) is 19.1 Å². The van der Waals surface area contributed by atoms with Gasteiger partial charge < -0.3 is 14.8 Å². The summed E-state index contributed by atoms with van der Waals surface area (Å²) in [5.74, 6) is 0.165. The molecule has 8 heteroatoms. The lowest BCUT2D eigenvalue weighted by Gasteiger charge is -2.13. The van der Waals surface area contributed by atoms with Gasteiger partial charge >= 0.3 is 0 Å². The van der Waals surface area contributed by atoms with Crippen LogP contribution in [0.5, 0.6) is 11.5 Å². The van der Waals surface area contributed by atoms with Gasteiger partial charge in [-0.25, -0.2) is 0 Å². The molecule has 1 heterocycles. The van der Waals surface area contributed by atoms with E-state index in [0.717, 1.165) is 27.8 Å². The average molecular weight is 426 g/mol. The molecule has 0 bridgehead atoms. The van der Waals surface area contributed by atoms with E-state index in [4.69, 9.17) is 9.47 Å². The van der Waals surface area contributed by atoms with Crippen LogP contribution < -0.4 is 14.8 Å². The number of benzene rings is 2. The minimum absolute atomic E-state index is 0.225. The second-order valence-corrected chi connectivity index (χ2v) is 7.79. The molecular formula is C22H22N2O5S. The first-order chi connectivity index (χ1) is 14.3. The van der Waals surface area contributed by atoms with E-state index < -0.39 is 17.1 Å². The van der Waals surface area contributed by atoms with Crippen LogP contribution in [0.4, 0.5) is 10.5 Å². The van der Waals surface area contributed by atoms with Crippen molar-refractivity contribution in [1.29, 1.82) is 0 Å². The summed E-state index contributed by atoms with van der Waals surface area (Å²) < 4.78 is 10.5. The maximum absolute atomic E-state index is 12.7. The normalized spacial score (nSPS) is 14.9. The first-order valence-corrected chi connectivity index (χ1v) is 9.98. The van der Waals surface area contributed by atoms with E-state index in [-0.39, 0.29) is 11.4 Å². The number of ether oxygens (including phenoxy) is 2. The fourth-order valence-corrected chi connectivity index (χ4v) is 3.94. The van der Waals surface area contributed by atoms with Crippen molar-refractivity contribution in [1.82, 2.24) is 4.90 Å². The molecule has 1 N–H and O–H groups in total. The van der Waals surface area contributed by atoms with Crippen LogP contribution in [0.3, 0.4) is 0 Å². The van der Waals surface area contributed by atoms with Crippen molar-refractivity contribution in [2.45, 2.75) is 13.8 Å². The number of imide groups is 1. The van der Waals surface area contributed by atoms with Gasteiger partial charge in [-0.1, -0.05) is 6.07 Å². The highest BCUT2D eigenvalue weighted by Crippen LogP contribution is 2.35. The number of anilines is 1. The number of nitrogens with one attached hydrogen (secondary N) is 1. The first-order valence-electron chi connectivity index (χ1n) is 9.16. The number of amides is 3. The summed E-state index contributed by atoms with van der Waals surface area (Å²) in [5, 5.41) is 2.25. The number of hydrogen-bond acceptors (Lipinski definition) is 6. The molecule has 2 aromatic rings. The molecule has 0 aliphatic carbocycles. The molecule has 0 spiro atoms. The Balaban J connectivity index is 1.74. The Morgan fingerprint density at radius 2 is 1.77 bits per heavy atom. The highest BCUT2D eigenvalue weighted by atomic mass is 32.2. The van der Waals surface area contributed by atoms with Crippen molar-refractivity contribution in [3.63, 3.8) is 0 Å². The lowest BCUT2D eigenvalue weighted by Crippen LogP contribution is -2.36. The fraction of sp³-hybridized carbons (Fsp3) is 0.227. The fourth-order valence-electron chi connectivity index (χ4n) is 3.11. The molecule has 3 amide bonds. The Morgan fingerprint density at radius 1 is 1.07 bits per heavy atom. The van der Waals surface area contributed by atoms with Gasteiger partial charge in [0.2, 0.25) is 5.91 Å². The van der Waals surface area contributed by atoms with Gasteiger partial charge in [-0.05, 0) is 67.1 Å². The smallest absolute Gasteiger partial charge is 0.294 e. The molecule has 2 aromatic carbocycles. The van der Waals surface area contributed by atoms with Crippen molar-refractivity contribution >= 4 is 40.6 Å². The van der Waals surface area contributed by atoms with Crippen molar-refractivity contribution in [3.8, 4) is 11.5 Å². The van der Waals surface area contributed by atoms with E-state index in [1.807, 2.05) is 32.0 Å². The Bertz CT molecular complexity index is 1030. The summed E-state index contributed by atoms with van der Waals surface area (Å²) in [4.78, 5) is 38.6. The van der Waals surface area contributed by atoms with Crippen LogP contribution >= 0.6 is 11.8 Å². The van der Waals surface area contributed by atoms with Crippen molar-refractivity contribution in [3.05, 3.63) is 58.0 Å². The maximum Gasteiger partial charge on any atom is 0.294 e. The minimum atomic E-state index is -0.515. The van der Waals surface area contributed by atoms with E-state index in [0.29, 0.717) is 22.7 Å². The predicted molar refractivity (Wildman–Crippen MR) is 117 cm³/mol. The van der Waals surface area contributed by atoms with Crippen molar-refractivity contribution in [2.24, 2.45) is 0 Å². The molecule has 0 saturated carbocycles. The molecule has 0 radical (unpaired) electrons. The molecule has 156 valence electrons. The third kappa shape index (κ3) is 4.83. The van der Waals surface area contributed by atoms with Crippen LogP contribution in [0.15, 0.2) is 41.3 Å². The zero-order valence-corrected chi connectivity index (χ0v) is 18.0. The number of methoxy groups -OCH3 is 2. The number of thioether (sulfide) groups is 1. The monoisotopic (exact) mass is 426 g/mol.